The van der Waals surface area contributed by atoms with Crippen LogP contribution in [-0.2, 0) is 0 Å². The normalized spacial score (nSPS) is 13.5. The molecule has 128 valence electrons. The zero-order valence-corrected chi connectivity index (χ0v) is 15.1. The molecule has 0 N–H and O–H groups in total. The van der Waals surface area contributed by atoms with Gasteiger partial charge in [0, 0.05) is 30.9 Å². The molecule has 3 aromatic carbocycles. The third kappa shape index (κ3) is 2.74. The minimum atomic E-state index is 0.0786. The highest BCUT2D eigenvalue weighted by Gasteiger charge is 2.21. The standard InChI is InChI=1S/C24H21NO/c1-25(2)23-16-8-14-20(23)19-12-5-6-13-22(19)24(26)21-15-7-10-17-9-3-4-11-18(17)21/h3-13,15-16H,14H2,1-2H3. The second-order valence-electron chi connectivity index (χ2n) is 6.77. The molecular weight excluding hydrogens is 318 g/mol. The Bertz CT molecular complexity index is 1050. The Labute approximate surface area is 154 Å². The highest BCUT2D eigenvalue weighted by atomic mass is 16.1. The van der Waals surface area contributed by atoms with Crippen LogP contribution in [0.5, 0.6) is 0 Å². The lowest BCUT2D eigenvalue weighted by Gasteiger charge is -2.18. The van der Waals surface area contributed by atoms with Crippen LogP contribution in [0.4, 0.5) is 0 Å². The lowest BCUT2D eigenvalue weighted by Crippen LogP contribution is -2.11. The zero-order chi connectivity index (χ0) is 18.1. The molecule has 0 fully saturated rings. The van der Waals surface area contributed by atoms with Crippen molar-refractivity contribution in [1.82, 2.24) is 4.90 Å². The third-order valence-corrected chi connectivity index (χ3v) is 4.92. The van der Waals surface area contributed by atoms with E-state index < -0.39 is 0 Å². The molecule has 0 radical (unpaired) electrons. The quantitative estimate of drug-likeness (QED) is 0.601. The Balaban J connectivity index is 1.87. The average Bonchev–Trinajstić information content (AvgIpc) is 3.17. The number of hydrogen-bond donors (Lipinski definition) is 0. The van der Waals surface area contributed by atoms with E-state index in [-0.39, 0.29) is 5.78 Å². The molecule has 3 aromatic rings. The molecule has 0 unspecified atom stereocenters. The summed E-state index contributed by atoms with van der Waals surface area (Å²) in [6.07, 6.45) is 5.14. The van der Waals surface area contributed by atoms with Crippen LogP contribution in [0.1, 0.15) is 27.9 Å². The Kier molecular flexibility index (Phi) is 4.18. The van der Waals surface area contributed by atoms with Gasteiger partial charge < -0.3 is 4.90 Å². The van der Waals surface area contributed by atoms with Gasteiger partial charge in [0.05, 0.1) is 0 Å². The van der Waals surface area contributed by atoms with Gasteiger partial charge in [-0.05, 0) is 34.4 Å². The molecule has 2 nitrogen and oxygen atoms in total. The number of rotatable bonds is 4. The second-order valence-corrected chi connectivity index (χ2v) is 6.77. The fourth-order valence-corrected chi connectivity index (χ4v) is 3.67. The number of fused-ring (bicyclic) bond motifs is 1. The topological polar surface area (TPSA) is 20.3 Å². The summed E-state index contributed by atoms with van der Waals surface area (Å²) in [5.74, 6) is 0.0786. The number of ketones is 1. The molecule has 2 heteroatoms. The van der Waals surface area contributed by atoms with E-state index in [9.17, 15) is 4.79 Å². The molecule has 0 saturated carbocycles. The van der Waals surface area contributed by atoms with E-state index in [4.69, 9.17) is 0 Å². The second kappa shape index (κ2) is 6.64. The van der Waals surface area contributed by atoms with Crippen molar-refractivity contribution in [3.8, 4) is 0 Å². The Hall–Kier alpha value is -3.13. The molecule has 1 aliphatic carbocycles. The molecule has 0 aliphatic heterocycles. The van der Waals surface area contributed by atoms with Crippen LogP contribution in [-0.4, -0.2) is 24.8 Å². The van der Waals surface area contributed by atoms with Crippen molar-refractivity contribution < 1.29 is 4.79 Å². The smallest absolute Gasteiger partial charge is 0.194 e. The first-order valence-corrected chi connectivity index (χ1v) is 8.85. The number of likely N-dealkylation sites (N-methyl/N-ethyl adjacent to an activating group) is 1. The first-order valence-electron chi connectivity index (χ1n) is 8.85. The Morgan fingerprint density at radius 2 is 1.54 bits per heavy atom. The van der Waals surface area contributed by atoms with Gasteiger partial charge in [0.1, 0.15) is 0 Å². The summed E-state index contributed by atoms with van der Waals surface area (Å²) in [6, 6.07) is 21.9. The summed E-state index contributed by atoms with van der Waals surface area (Å²) >= 11 is 0. The van der Waals surface area contributed by atoms with E-state index in [0.29, 0.717) is 0 Å². The van der Waals surface area contributed by atoms with Gasteiger partial charge in [0.15, 0.2) is 5.78 Å². The largest absolute Gasteiger partial charge is 0.377 e. The van der Waals surface area contributed by atoms with Gasteiger partial charge in [-0.1, -0.05) is 72.8 Å². The maximum absolute atomic E-state index is 13.5. The molecule has 0 aromatic heterocycles. The fraction of sp³-hybridized carbons (Fsp3) is 0.125. The highest BCUT2D eigenvalue weighted by Crippen LogP contribution is 2.33. The van der Waals surface area contributed by atoms with E-state index in [1.165, 1.54) is 11.3 Å². The Morgan fingerprint density at radius 3 is 2.38 bits per heavy atom. The predicted octanol–water partition coefficient (Wildman–Crippen LogP) is 5.30. The zero-order valence-electron chi connectivity index (χ0n) is 15.1. The van der Waals surface area contributed by atoms with Gasteiger partial charge in [-0.15, -0.1) is 0 Å². The van der Waals surface area contributed by atoms with E-state index >= 15 is 0 Å². The van der Waals surface area contributed by atoms with E-state index in [2.05, 4.69) is 23.1 Å². The van der Waals surface area contributed by atoms with Crippen LogP contribution in [0, 0.1) is 0 Å². The Morgan fingerprint density at radius 1 is 0.846 bits per heavy atom. The number of nitrogens with zero attached hydrogens (tertiary/aromatic N) is 1. The number of benzene rings is 3. The molecule has 26 heavy (non-hydrogen) atoms. The molecule has 0 atom stereocenters. The molecule has 0 heterocycles. The average molecular weight is 339 g/mol. The summed E-state index contributed by atoms with van der Waals surface area (Å²) < 4.78 is 0. The molecule has 0 spiro atoms. The van der Waals surface area contributed by atoms with Crippen molar-refractivity contribution in [2.75, 3.05) is 14.1 Å². The van der Waals surface area contributed by atoms with E-state index in [1.807, 2.05) is 74.8 Å². The van der Waals surface area contributed by atoms with Crippen LogP contribution in [0.2, 0.25) is 0 Å². The van der Waals surface area contributed by atoms with Gasteiger partial charge in [-0.25, -0.2) is 0 Å². The predicted molar refractivity (Wildman–Crippen MR) is 108 cm³/mol. The summed E-state index contributed by atoms with van der Waals surface area (Å²) in [6.45, 7) is 0. The van der Waals surface area contributed by atoms with Crippen LogP contribution in [0.25, 0.3) is 16.3 Å². The summed E-state index contributed by atoms with van der Waals surface area (Å²) in [4.78, 5) is 15.6. The van der Waals surface area contributed by atoms with E-state index in [0.717, 1.165) is 33.9 Å². The lowest BCUT2D eigenvalue weighted by atomic mass is 9.91. The van der Waals surface area contributed by atoms with Gasteiger partial charge >= 0.3 is 0 Å². The third-order valence-electron chi connectivity index (χ3n) is 4.92. The van der Waals surface area contributed by atoms with Crippen molar-refractivity contribution in [2.45, 2.75) is 6.42 Å². The summed E-state index contributed by atoms with van der Waals surface area (Å²) in [5.41, 5.74) is 4.93. The SMILES string of the molecule is CN(C)C1=C(c2ccccc2C(=O)c2cccc3ccccc23)CC=C1. The highest BCUT2D eigenvalue weighted by molar-refractivity contribution is 6.18. The maximum Gasteiger partial charge on any atom is 0.194 e. The fourth-order valence-electron chi connectivity index (χ4n) is 3.67. The molecule has 0 saturated heterocycles. The van der Waals surface area contributed by atoms with Crippen molar-refractivity contribution in [2.24, 2.45) is 0 Å². The van der Waals surface area contributed by atoms with Crippen LogP contribution >= 0.6 is 0 Å². The number of carbonyl (C=O) groups excluding carboxylic acids is 1. The lowest BCUT2D eigenvalue weighted by molar-refractivity contribution is 0.104. The molecular formula is C24H21NO. The number of allylic oxidation sites excluding steroid dienone is 3. The number of carbonyl (C=O) groups is 1. The molecule has 1 aliphatic rings. The first-order chi connectivity index (χ1) is 12.7. The van der Waals surface area contributed by atoms with Crippen LogP contribution in [0.3, 0.4) is 0 Å². The van der Waals surface area contributed by atoms with Crippen LogP contribution in [0.15, 0.2) is 84.6 Å². The van der Waals surface area contributed by atoms with Crippen molar-refractivity contribution in [3.05, 3.63) is 101 Å². The van der Waals surface area contributed by atoms with Crippen LogP contribution < -0.4 is 0 Å². The van der Waals surface area contributed by atoms with Gasteiger partial charge in [-0.3, -0.25) is 4.79 Å². The van der Waals surface area contributed by atoms with Crippen molar-refractivity contribution in [3.63, 3.8) is 0 Å². The number of hydrogen-bond acceptors (Lipinski definition) is 2. The minimum absolute atomic E-state index is 0.0786. The summed E-state index contributed by atoms with van der Waals surface area (Å²) in [7, 11) is 4.08. The van der Waals surface area contributed by atoms with Crippen molar-refractivity contribution in [1.29, 1.82) is 0 Å². The van der Waals surface area contributed by atoms with Crippen molar-refractivity contribution >= 4 is 22.1 Å². The first kappa shape index (κ1) is 16.3. The van der Waals surface area contributed by atoms with Gasteiger partial charge in [0.2, 0.25) is 0 Å². The molecule has 0 bridgehead atoms. The monoisotopic (exact) mass is 339 g/mol. The maximum atomic E-state index is 13.5. The minimum Gasteiger partial charge on any atom is -0.377 e. The van der Waals surface area contributed by atoms with Gasteiger partial charge in [-0.2, -0.15) is 0 Å². The van der Waals surface area contributed by atoms with E-state index in [1.54, 1.807) is 0 Å². The van der Waals surface area contributed by atoms with Gasteiger partial charge in [0.25, 0.3) is 0 Å². The molecule has 0 amide bonds. The molecule has 4 rings (SSSR count). The summed E-state index contributed by atoms with van der Waals surface area (Å²) in [5, 5.41) is 2.09.